The van der Waals surface area contributed by atoms with Crippen LogP contribution in [0.2, 0.25) is 0 Å². The molecule has 1 heterocycles. The van der Waals surface area contributed by atoms with Crippen LogP contribution < -0.4 is 10.6 Å². The van der Waals surface area contributed by atoms with E-state index in [1.807, 2.05) is 11.5 Å². The standard InChI is InChI=1S/C15H20FN5O/c1-4-7-21-9-17-20-14(21)11(3)18-15(22)19-12-6-5-10(2)13(16)8-12/h5-6,8-9,11H,4,7H2,1-3H3,(H2,18,19,22). The molecule has 0 saturated carbocycles. The lowest BCUT2D eigenvalue weighted by Crippen LogP contribution is -2.32. The van der Waals surface area contributed by atoms with E-state index < -0.39 is 6.03 Å². The van der Waals surface area contributed by atoms with Crippen molar-refractivity contribution in [2.75, 3.05) is 5.32 Å². The molecule has 2 N–H and O–H groups in total. The fourth-order valence-electron chi connectivity index (χ4n) is 2.11. The van der Waals surface area contributed by atoms with Gasteiger partial charge in [-0.2, -0.15) is 0 Å². The molecule has 2 aromatic rings. The van der Waals surface area contributed by atoms with Crippen molar-refractivity contribution in [2.45, 2.75) is 39.8 Å². The molecule has 0 aliphatic rings. The van der Waals surface area contributed by atoms with Crippen molar-refractivity contribution in [3.63, 3.8) is 0 Å². The van der Waals surface area contributed by atoms with Crippen molar-refractivity contribution in [2.24, 2.45) is 0 Å². The number of nitrogens with one attached hydrogen (secondary N) is 2. The number of amides is 2. The van der Waals surface area contributed by atoms with Gasteiger partial charge in [-0.25, -0.2) is 9.18 Å². The molecule has 2 amide bonds. The first-order valence-electron chi connectivity index (χ1n) is 7.22. The van der Waals surface area contributed by atoms with Crippen LogP contribution in [0.25, 0.3) is 0 Å². The molecule has 0 fully saturated rings. The lowest BCUT2D eigenvalue weighted by Gasteiger charge is -2.15. The highest BCUT2D eigenvalue weighted by molar-refractivity contribution is 5.89. The minimum absolute atomic E-state index is 0.302. The fraction of sp³-hybridized carbons (Fsp3) is 0.400. The Morgan fingerprint density at radius 1 is 1.45 bits per heavy atom. The highest BCUT2D eigenvalue weighted by Crippen LogP contribution is 2.14. The van der Waals surface area contributed by atoms with E-state index in [4.69, 9.17) is 0 Å². The zero-order valence-electron chi connectivity index (χ0n) is 12.9. The summed E-state index contributed by atoms with van der Waals surface area (Å²) in [4.78, 5) is 12.0. The molecular formula is C15H20FN5O. The topological polar surface area (TPSA) is 71.8 Å². The third-order valence-corrected chi connectivity index (χ3v) is 3.27. The maximum absolute atomic E-state index is 13.5. The Bertz CT molecular complexity index is 655. The van der Waals surface area contributed by atoms with Gasteiger partial charge in [0.1, 0.15) is 12.1 Å². The third-order valence-electron chi connectivity index (χ3n) is 3.27. The Morgan fingerprint density at radius 3 is 2.91 bits per heavy atom. The van der Waals surface area contributed by atoms with Crippen LogP contribution in [0.1, 0.15) is 37.7 Å². The summed E-state index contributed by atoms with van der Waals surface area (Å²) in [7, 11) is 0. The summed E-state index contributed by atoms with van der Waals surface area (Å²) in [6.07, 6.45) is 2.59. The second-order valence-corrected chi connectivity index (χ2v) is 5.17. The van der Waals surface area contributed by atoms with E-state index in [1.165, 1.54) is 6.07 Å². The van der Waals surface area contributed by atoms with Gasteiger partial charge in [0.25, 0.3) is 0 Å². The normalized spacial score (nSPS) is 12.0. The van der Waals surface area contributed by atoms with Crippen LogP contribution in [-0.2, 0) is 6.54 Å². The second kappa shape index (κ2) is 7.02. The second-order valence-electron chi connectivity index (χ2n) is 5.17. The van der Waals surface area contributed by atoms with E-state index in [1.54, 1.807) is 25.4 Å². The van der Waals surface area contributed by atoms with Gasteiger partial charge in [0.2, 0.25) is 0 Å². The van der Waals surface area contributed by atoms with E-state index in [-0.39, 0.29) is 11.9 Å². The van der Waals surface area contributed by atoms with Crippen molar-refractivity contribution >= 4 is 11.7 Å². The molecule has 0 aliphatic heterocycles. The zero-order valence-corrected chi connectivity index (χ0v) is 12.9. The number of halogens is 1. The minimum Gasteiger partial charge on any atom is -0.328 e. The highest BCUT2D eigenvalue weighted by Gasteiger charge is 2.15. The Kier molecular flexibility index (Phi) is 5.08. The Hall–Kier alpha value is -2.44. The molecule has 0 spiro atoms. The molecule has 1 atom stereocenters. The molecular weight excluding hydrogens is 285 g/mol. The smallest absolute Gasteiger partial charge is 0.319 e. The van der Waals surface area contributed by atoms with Crippen molar-refractivity contribution < 1.29 is 9.18 Å². The number of nitrogens with zero attached hydrogens (tertiary/aromatic N) is 3. The van der Waals surface area contributed by atoms with E-state index in [2.05, 4.69) is 27.8 Å². The average molecular weight is 305 g/mol. The number of aryl methyl sites for hydroxylation is 2. The maximum Gasteiger partial charge on any atom is 0.319 e. The largest absolute Gasteiger partial charge is 0.328 e. The SMILES string of the molecule is CCCn1cnnc1C(C)NC(=O)Nc1ccc(C)c(F)c1. The Balaban J connectivity index is 1.98. The van der Waals surface area contributed by atoms with Gasteiger partial charge in [-0.1, -0.05) is 13.0 Å². The lowest BCUT2D eigenvalue weighted by atomic mass is 10.2. The van der Waals surface area contributed by atoms with Crippen molar-refractivity contribution in [1.29, 1.82) is 0 Å². The Morgan fingerprint density at radius 2 is 2.23 bits per heavy atom. The lowest BCUT2D eigenvalue weighted by molar-refractivity contribution is 0.248. The molecule has 0 radical (unpaired) electrons. The molecule has 0 bridgehead atoms. The van der Waals surface area contributed by atoms with E-state index in [0.717, 1.165) is 13.0 Å². The number of hydrogen-bond donors (Lipinski definition) is 2. The molecule has 118 valence electrons. The first-order valence-corrected chi connectivity index (χ1v) is 7.22. The highest BCUT2D eigenvalue weighted by atomic mass is 19.1. The molecule has 1 unspecified atom stereocenters. The molecule has 22 heavy (non-hydrogen) atoms. The van der Waals surface area contributed by atoms with Crippen LogP contribution in [0.3, 0.4) is 0 Å². The van der Waals surface area contributed by atoms with Gasteiger partial charge < -0.3 is 15.2 Å². The summed E-state index contributed by atoms with van der Waals surface area (Å²) in [6.45, 7) is 6.34. The summed E-state index contributed by atoms with van der Waals surface area (Å²) in [5, 5.41) is 13.3. The first kappa shape index (κ1) is 15.9. The van der Waals surface area contributed by atoms with Gasteiger partial charge >= 0.3 is 6.03 Å². The Labute approximate surface area is 128 Å². The van der Waals surface area contributed by atoms with Gasteiger partial charge in [-0.05, 0) is 38.0 Å². The van der Waals surface area contributed by atoms with Gasteiger partial charge in [0.05, 0.1) is 6.04 Å². The van der Waals surface area contributed by atoms with E-state index in [9.17, 15) is 9.18 Å². The van der Waals surface area contributed by atoms with E-state index >= 15 is 0 Å². The monoisotopic (exact) mass is 305 g/mol. The molecule has 7 heteroatoms. The number of carbonyl (C=O) groups excluding carboxylic acids is 1. The minimum atomic E-state index is -0.415. The number of aromatic nitrogens is 3. The molecule has 1 aromatic carbocycles. The quantitative estimate of drug-likeness (QED) is 0.892. The molecule has 2 rings (SSSR count). The number of hydrogen-bond acceptors (Lipinski definition) is 3. The van der Waals surface area contributed by atoms with E-state index in [0.29, 0.717) is 17.1 Å². The summed E-state index contributed by atoms with van der Waals surface area (Å²) in [6, 6.07) is 3.85. The van der Waals surface area contributed by atoms with Crippen LogP contribution in [0.5, 0.6) is 0 Å². The molecule has 0 saturated heterocycles. The van der Waals surface area contributed by atoms with Crippen molar-refractivity contribution in [3.05, 3.63) is 41.7 Å². The first-order chi connectivity index (χ1) is 10.5. The predicted molar refractivity (Wildman–Crippen MR) is 82.0 cm³/mol. The summed E-state index contributed by atoms with van der Waals surface area (Å²) in [5.41, 5.74) is 0.940. The van der Waals surface area contributed by atoms with Crippen LogP contribution in [-0.4, -0.2) is 20.8 Å². The van der Waals surface area contributed by atoms with Crippen LogP contribution >= 0.6 is 0 Å². The summed E-state index contributed by atoms with van der Waals surface area (Å²) >= 11 is 0. The fourth-order valence-corrected chi connectivity index (χ4v) is 2.11. The number of rotatable bonds is 5. The van der Waals surface area contributed by atoms with Crippen LogP contribution in [0.4, 0.5) is 14.9 Å². The van der Waals surface area contributed by atoms with Crippen molar-refractivity contribution in [1.82, 2.24) is 20.1 Å². The number of urea groups is 1. The number of anilines is 1. The van der Waals surface area contributed by atoms with Crippen LogP contribution in [0.15, 0.2) is 24.5 Å². The maximum atomic E-state index is 13.5. The van der Waals surface area contributed by atoms with Crippen molar-refractivity contribution in [3.8, 4) is 0 Å². The molecule has 1 aromatic heterocycles. The van der Waals surface area contributed by atoms with Crippen LogP contribution in [0, 0.1) is 12.7 Å². The van der Waals surface area contributed by atoms with Gasteiger partial charge in [0.15, 0.2) is 5.82 Å². The number of benzene rings is 1. The molecule has 6 nitrogen and oxygen atoms in total. The molecule has 0 aliphatic carbocycles. The van der Waals surface area contributed by atoms with Gasteiger partial charge in [-0.15, -0.1) is 10.2 Å². The average Bonchev–Trinajstić information content (AvgIpc) is 2.91. The zero-order chi connectivity index (χ0) is 16.1. The summed E-state index contributed by atoms with van der Waals surface area (Å²) < 4.78 is 15.4. The predicted octanol–water partition coefficient (Wildman–Crippen LogP) is 3.02. The third kappa shape index (κ3) is 3.81. The summed E-state index contributed by atoms with van der Waals surface area (Å²) in [5.74, 6) is 0.334. The van der Waals surface area contributed by atoms with Gasteiger partial charge in [0, 0.05) is 12.2 Å². The van der Waals surface area contributed by atoms with Gasteiger partial charge in [-0.3, -0.25) is 0 Å². The number of carbonyl (C=O) groups is 1.